The fourth-order valence-corrected chi connectivity index (χ4v) is 3.27. The van der Waals surface area contributed by atoms with Crippen LogP contribution in [0, 0.1) is 5.82 Å². The monoisotopic (exact) mass is 391 g/mol. The third kappa shape index (κ3) is 4.87. The Kier molecular flexibility index (Phi) is 6.32. The zero-order valence-electron chi connectivity index (χ0n) is 17.6. The van der Waals surface area contributed by atoms with E-state index in [2.05, 4.69) is 39.0 Å². The van der Waals surface area contributed by atoms with Gasteiger partial charge < -0.3 is 13.7 Å². The Morgan fingerprint density at radius 3 is 2.48 bits per heavy atom. The molecule has 27 heavy (non-hydrogen) atoms. The molecule has 4 nitrogen and oxygen atoms in total. The first-order valence-electron chi connectivity index (χ1n) is 9.07. The number of nitrogens with zero attached hydrogens (tertiary/aromatic N) is 1. The molecule has 0 aliphatic heterocycles. The van der Waals surface area contributed by atoms with Crippen molar-refractivity contribution < 1.29 is 18.1 Å². The summed E-state index contributed by atoms with van der Waals surface area (Å²) in [6.45, 7) is 15.3. The molecule has 0 N–H and O–H groups in total. The van der Waals surface area contributed by atoms with Crippen molar-refractivity contribution in [2.24, 2.45) is 0 Å². The van der Waals surface area contributed by atoms with Crippen molar-refractivity contribution in [3.05, 3.63) is 40.8 Å². The van der Waals surface area contributed by atoms with Crippen molar-refractivity contribution in [1.29, 1.82) is 0 Å². The van der Waals surface area contributed by atoms with Crippen LogP contribution in [0.15, 0.2) is 28.3 Å². The molecule has 0 fully saturated rings. The molecule has 0 aliphatic rings. The predicted molar refractivity (Wildman–Crippen MR) is 110 cm³/mol. The highest BCUT2D eigenvalue weighted by molar-refractivity contribution is 6.74. The van der Waals surface area contributed by atoms with Crippen molar-refractivity contribution in [1.82, 2.24) is 5.16 Å². The molecule has 1 aromatic heterocycles. The van der Waals surface area contributed by atoms with Gasteiger partial charge in [0.05, 0.1) is 19.3 Å². The van der Waals surface area contributed by atoms with Crippen molar-refractivity contribution in [3.63, 3.8) is 0 Å². The smallest absolute Gasteiger partial charge is 0.192 e. The van der Waals surface area contributed by atoms with E-state index in [4.69, 9.17) is 13.7 Å². The molecule has 1 heterocycles. The van der Waals surface area contributed by atoms with Crippen LogP contribution in [-0.4, -0.2) is 20.6 Å². The SMILES string of the molecule is COc1ccc(F)c(-c2onc(CO[Si](C)(C)C(C)(C)C)c2C=C(C)C)c1. The summed E-state index contributed by atoms with van der Waals surface area (Å²) in [7, 11) is -0.394. The molecule has 0 aliphatic carbocycles. The van der Waals surface area contributed by atoms with Gasteiger partial charge in [-0.15, -0.1) is 0 Å². The van der Waals surface area contributed by atoms with E-state index in [1.54, 1.807) is 19.2 Å². The summed E-state index contributed by atoms with van der Waals surface area (Å²) in [4.78, 5) is 0. The lowest BCUT2D eigenvalue weighted by molar-refractivity contribution is 0.263. The minimum absolute atomic E-state index is 0.0924. The number of benzene rings is 1. The number of allylic oxidation sites excluding steroid dienone is 1. The molecular formula is C21H30FNO3Si. The van der Waals surface area contributed by atoms with Crippen LogP contribution in [0.5, 0.6) is 5.75 Å². The molecule has 0 saturated heterocycles. The largest absolute Gasteiger partial charge is 0.497 e. The standard InChI is InChI=1S/C21H30FNO3Si/c1-14(2)11-17-19(13-25-27(7,8)21(3,4)5)23-26-20(17)16-12-15(24-6)9-10-18(16)22/h9-12H,13H2,1-8H3. The van der Waals surface area contributed by atoms with E-state index in [-0.39, 0.29) is 10.9 Å². The number of methoxy groups -OCH3 is 1. The molecule has 0 spiro atoms. The van der Waals surface area contributed by atoms with Gasteiger partial charge in [0.2, 0.25) is 0 Å². The highest BCUT2D eigenvalue weighted by atomic mass is 28.4. The summed E-state index contributed by atoms with van der Waals surface area (Å²) in [6.07, 6.45) is 1.95. The molecule has 0 amide bonds. The van der Waals surface area contributed by atoms with Gasteiger partial charge in [0.25, 0.3) is 0 Å². The van der Waals surface area contributed by atoms with Gasteiger partial charge in [-0.2, -0.15) is 0 Å². The number of halogens is 1. The van der Waals surface area contributed by atoms with Crippen molar-refractivity contribution in [2.75, 3.05) is 7.11 Å². The van der Waals surface area contributed by atoms with E-state index in [0.29, 0.717) is 29.4 Å². The summed E-state index contributed by atoms with van der Waals surface area (Å²) in [6, 6.07) is 4.57. The molecule has 0 bridgehead atoms. The Hall–Kier alpha value is -1.92. The minimum atomic E-state index is -1.94. The first-order chi connectivity index (χ1) is 12.5. The number of aromatic nitrogens is 1. The average Bonchev–Trinajstić information content (AvgIpc) is 2.94. The van der Waals surface area contributed by atoms with Gasteiger partial charge in [-0.25, -0.2) is 4.39 Å². The Balaban J connectivity index is 2.47. The van der Waals surface area contributed by atoms with Gasteiger partial charge in [0.15, 0.2) is 14.1 Å². The zero-order chi connectivity index (χ0) is 20.4. The fraction of sp³-hybridized carbons (Fsp3) is 0.476. The highest BCUT2D eigenvalue weighted by Crippen LogP contribution is 2.38. The van der Waals surface area contributed by atoms with Gasteiger partial charge >= 0.3 is 0 Å². The molecule has 1 aromatic carbocycles. The molecule has 0 radical (unpaired) electrons. The fourth-order valence-electron chi connectivity index (χ4n) is 2.34. The van der Waals surface area contributed by atoms with Gasteiger partial charge in [0.1, 0.15) is 17.3 Å². The second-order valence-corrected chi connectivity index (χ2v) is 13.3. The summed E-state index contributed by atoms with van der Waals surface area (Å²) >= 11 is 0. The average molecular weight is 392 g/mol. The lowest BCUT2D eigenvalue weighted by atomic mass is 10.0. The first-order valence-corrected chi connectivity index (χ1v) is 12.0. The van der Waals surface area contributed by atoms with Crippen LogP contribution in [0.25, 0.3) is 17.4 Å². The number of ether oxygens (including phenoxy) is 1. The van der Waals surface area contributed by atoms with Gasteiger partial charge in [-0.05, 0) is 50.2 Å². The van der Waals surface area contributed by atoms with E-state index < -0.39 is 8.32 Å². The quantitative estimate of drug-likeness (QED) is 0.532. The molecule has 148 valence electrons. The molecule has 0 unspecified atom stereocenters. The summed E-state index contributed by atoms with van der Waals surface area (Å²) < 4.78 is 31.5. The maximum absolute atomic E-state index is 14.5. The second kappa shape index (κ2) is 7.98. The van der Waals surface area contributed by atoms with Gasteiger partial charge in [-0.3, -0.25) is 0 Å². The summed E-state index contributed by atoms with van der Waals surface area (Å²) in [5, 5.41) is 4.29. The molecule has 2 rings (SSSR count). The lowest BCUT2D eigenvalue weighted by Crippen LogP contribution is -2.40. The number of hydrogen-bond donors (Lipinski definition) is 0. The van der Waals surface area contributed by atoms with E-state index in [1.165, 1.54) is 6.07 Å². The Labute approximate surface area is 162 Å². The highest BCUT2D eigenvalue weighted by Gasteiger charge is 2.37. The lowest BCUT2D eigenvalue weighted by Gasteiger charge is -2.35. The van der Waals surface area contributed by atoms with Crippen LogP contribution in [0.1, 0.15) is 45.9 Å². The minimum Gasteiger partial charge on any atom is -0.497 e. The normalized spacial score (nSPS) is 12.2. The van der Waals surface area contributed by atoms with Gasteiger partial charge in [-0.1, -0.05) is 37.6 Å². The Bertz CT molecular complexity index is 830. The zero-order valence-corrected chi connectivity index (χ0v) is 18.6. The van der Waals surface area contributed by atoms with Crippen LogP contribution in [0.4, 0.5) is 4.39 Å². The van der Waals surface area contributed by atoms with Gasteiger partial charge in [0, 0.05) is 5.56 Å². The van der Waals surface area contributed by atoms with E-state index in [1.807, 2.05) is 19.9 Å². The van der Waals surface area contributed by atoms with E-state index in [0.717, 1.165) is 11.1 Å². The number of rotatable bonds is 6. The van der Waals surface area contributed by atoms with E-state index >= 15 is 0 Å². The van der Waals surface area contributed by atoms with Crippen LogP contribution in [0.2, 0.25) is 18.1 Å². The molecular weight excluding hydrogens is 361 g/mol. The number of hydrogen-bond acceptors (Lipinski definition) is 4. The topological polar surface area (TPSA) is 44.5 Å². The molecule has 6 heteroatoms. The van der Waals surface area contributed by atoms with Crippen molar-refractivity contribution in [2.45, 2.75) is 59.4 Å². The first kappa shape index (κ1) is 21.4. The second-order valence-electron chi connectivity index (χ2n) is 8.49. The Morgan fingerprint density at radius 1 is 1.26 bits per heavy atom. The maximum atomic E-state index is 14.5. The van der Waals surface area contributed by atoms with Crippen LogP contribution < -0.4 is 4.74 Å². The summed E-state index contributed by atoms with van der Waals surface area (Å²) in [5.41, 5.74) is 2.82. The van der Waals surface area contributed by atoms with Crippen LogP contribution in [0.3, 0.4) is 0 Å². The maximum Gasteiger partial charge on any atom is 0.192 e. The molecule has 0 atom stereocenters. The van der Waals surface area contributed by atoms with Crippen molar-refractivity contribution in [3.8, 4) is 17.1 Å². The van der Waals surface area contributed by atoms with E-state index in [9.17, 15) is 4.39 Å². The van der Waals surface area contributed by atoms with Crippen LogP contribution in [-0.2, 0) is 11.0 Å². The Morgan fingerprint density at radius 2 is 1.93 bits per heavy atom. The third-order valence-corrected chi connectivity index (χ3v) is 9.51. The van der Waals surface area contributed by atoms with Crippen LogP contribution >= 0.6 is 0 Å². The van der Waals surface area contributed by atoms with Crippen molar-refractivity contribution >= 4 is 14.4 Å². The third-order valence-electron chi connectivity index (χ3n) is 5.03. The molecule has 0 saturated carbocycles. The predicted octanol–water partition coefficient (Wildman–Crippen LogP) is 6.43. The summed E-state index contributed by atoms with van der Waals surface area (Å²) in [5.74, 6) is 0.568. The molecule has 2 aromatic rings.